The molecule has 7 rings (SSSR count). The predicted molar refractivity (Wildman–Crippen MR) is 232 cm³/mol. The van der Waals surface area contributed by atoms with Crippen LogP contribution in [0.5, 0.6) is 0 Å². The molecule has 35 atom stereocenters. The van der Waals surface area contributed by atoms with Crippen LogP contribution in [0.2, 0.25) is 0 Å². The highest BCUT2D eigenvalue weighted by Crippen LogP contribution is 2.37. The van der Waals surface area contributed by atoms with Crippen molar-refractivity contribution in [1.29, 1.82) is 0 Å². The van der Waals surface area contributed by atoms with Crippen LogP contribution >= 0.6 is 0 Å². The van der Waals surface area contributed by atoms with Gasteiger partial charge in [0.25, 0.3) is 0 Å². The topological polar surface area (TPSA) is 585 Å². The van der Waals surface area contributed by atoms with Gasteiger partial charge in [-0.1, -0.05) is 0 Å². The maximum atomic E-state index is 11.7. The third kappa shape index (κ3) is 13.1. The lowest BCUT2D eigenvalue weighted by Gasteiger charge is -2.50. The molecule has 23 N–H and O–H groups in total. The van der Waals surface area contributed by atoms with Crippen LogP contribution in [0, 0.1) is 0 Å². The summed E-state index contributed by atoms with van der Waals surface area (Å²) in [7, 11) is 0. The normalized spacial score (nSPS) is 53.5. The summed E-state index contributed by atoms with van der Waals surface area (Å²) < 4.78 is 72.7. The summed E-state index contributed by atoms with van der Waals surface area (Å²) in [5, 5.41) is 244. The monoisotopic (exact) mass is 1150 g/mol. The van der Waals surface area contributed by atoms with E-state index in [1.807, 2.05) is 0 Å². The summed E-state index contributed by atoms with van der Waals surface area (Å²) in [6, 6.07) is 0. The molecule has 456 valence electrons. The van der Waals surface area contributed by atoms with Crippen LogP contribution in [-0.2, 0) is 61.6 Å². The zero-order valence-electron chi connectivity index (χ0n) is 40.8. The first kappa shape index (κ1) is 64.1. The van der Waals surface area contributed by atoms with Gasteiger partial charge in [0.1, 0.15) is 171 Å². The van der Waals surface area contributed by atoms with E-state index in [1.54, 1.807) is 0 Å². The van der Waals surface area contributed by atoms with E-state index in [9.17, 15) is 117 Å². The summed E-state index contributed by atoms with van der Waals surface area (Å²) in [5.74, 6) is 0. The Morgan fingerprint density at radius 2 is 0.449 bits per heavy atom. The van der Waals surface area contributed by atoms with Gasteiger partial charge in [0, 0.05) is 0 Å². The SMILES string of the molecule is OC[C@H]1O[C@H](O[C@H]2[C@H](O)[C@@H](O)[C@@H](OC[C@H]3O[C@H](O[C@H]4[C@H](O)[C@@H](O)[C@@H](O[C@H]5[C@H](O)[C@@H](O)C(O)O[C@@H]5CO)O[C@@H]4CO)[C@H](O)[C@@H](O)[C@@H]3O[C@H]3O[C@H](CO)[C@@H](O[C@H]4O[C@H](CO)[C@@H](O)[C@H](O)[C@H]4O)[C@H](O)[C@H]3O)O[C@@H]2CO)[C@H](O)[C@@H](O)[C@@H]1O. The van der Waals surface area contributed by atoms with E-state index >= 15 is 0 Å². The Labute approximate surface area is 439 Å². The van der Waals surface area contributed by atoms with Crippen LogP contribution in [0.1, 0.15) is 0 Å². The predicted octanol–water partition coefficient (Wildman–Crippen LogP) is -16.3. The van der Waals surface area contributed by atoms with Gasteiger partial charge in [-0.2, -0.15) is 0 Å². The highest BCUT2D eigenvalue weighted by Gasteiger charge is 2.58. The van der Waals surface area contributed by atoms with E-state index in [1.165, 1.54) is 0 Å². The number of ether oxygens (including phenoxy) is 13. The fourth-order valence-electron chi connectivity index (χ4n) is 9.90. The van der Waals surface area contributed by atoms with Crippen molar-refractivity contribution in [3.05, 3.63) is 0 Å². The molecule has 7 aliphatic heterocycles. The van der Waals surface area contributed by atoms with Crippen molar-refractivity contribution >= 4 is 0 Å². The molecule has 0 aliphatic carbocycles. The van der Waals surface area contributed by atoms with Crippen LogP contribution in [0.25, 0.3) is 0 Å². The minimum atomic E-state index is -2.34. The van der Waals surface area contributed by atoms with E-state index < -0.39 is 261 Å². The Bertz CT molecular complexity index is 1810. The fourth-order valence-corrected chi connectivity index (χ4v) is 9.90. The first-order chi connectivity index (χ1) is 37.0. The third-order valence-electron chi connectivity index (χ3n) is 14.5. The van der Waals surface area contributed by atoms with Crippen LogP contribution in [0.3, 0.4) is 0 Å². The third-order valence-corrected chi connectivity index (χ3v) is 14.5. The Morgan fingerprint density at radius 3 is 0.769 bits per heavy atom. The molecule has 36 nitrogen and oxygen atoms in total. The van der Waals surface area contributed by atoms with Crippen LogP contribution in [-0.4, -0.2) is 379 Å². The molecule has 7 heterocycles. The molecular formula is C42H72O36. The van der Waals surface area contributed by atoms with Crippen molar-refractivity contribution in [3.63, 3.8) is 0 Å². The fraction of sp³-hybridized carbons (Fsp3) is 1.00. The van der Waals surface area contributed by atoms with Gasteiger partial charge >= 0.3 is 0 Å². The molecule has 36 heteroatoms. The Kier molecular flexibility index (Phi) is 22.6. The second-order valence-corrected chi connectivity index (χ2v) is 19.6. The molecule has 0 aromatic heterocycles. The quantitative estimate of drug-likeness (QED) is 0.0571. The molecule has 7 saturated heterocycles. The van der Waals surface area contributed by atoms with E-state index in [2.05, 4.69) is 0 Å². The second-order valence-electron chi connectivity index (χ2n) is 19.6. The van der Waals surface area contributed by atoms with Gasteiger partial charge in [-0.05, 0) is 0 Å². The average molecular weight is 1150 g/mol. The zero-order valence-corrected chi connectivity index (χ0v) is 40.8. The Morgan fingerprint density at radius 1 is 0.218 bits per heavy atom. The van der Waals surface area contributed by atoms with Gasteiger partial charge in [0.15, 0.2) is 44.0 Å². The van der Waals surface area contributed by atoms with Gasteiger partial charge < -0.3 is 179 Å². The van der Waals surface area contributed by atoms with Crippen molar-refractivity contribution in [1.82, 2.24) is 0 Å². The van der Waals surface area contributed by atoms with Gasteiger partial charge in [-0.25, -0.2) is 0 Å². The molecule has 7 fully saturated rings. The average Bonchev–Trinajstić information content (AvgIpc) is 3.47. The lowest BCUT2D eigenvalue weighted by molar-refractivity contribution is -0.397. The van der Waals surface area contributed by atoms with Crippen LogP contribution in [0.4, 0.5) is 0 Å². The van der Waals surface area contributed by atoms with Crippen molar-refractivity contribution < 1.29 is 179 Å². The summed E-state index contributed by atoms with van der Waals surface area (Å²) >= 11 is 0. The molecular weight excluding hydrogens is 1080 g/mol. The van der Waals surface area contributed by atoms with Crippen molar-refractivity contribution in [3.8, 4) is 0 Å². The highest BCUT2D eigenvalue weighted by molar-refractivity contribution is 5.00. The van der Waals surface area contributed by atoms with Crippen molar-refractivity contribution in [2.45, 2.75) is 215 Å². The molecule has 0 amide bonds. The number of hydrogen-bond donors (Lipinski definition) is 23. The lowest BCUT2D eigenvalue weighted by Crippen LogP contribution is -2.68. The zero-order chi connectivity index (χ0) is 57.3. The number of hydrogen-bond acceptors (Lipinski definition) is 36. The lowest BCUT2D eigenvalue weighted by atomic mass is 9.95. The first-order valence-corrected chi connectivity index (χ1v) is 24.7. The summed E-state index contributed by atoms with van der Waals surface area (Å²) in [6.45, 7) is -6.87. The molecule has 78 heavy (non-hydrogen) atoms. The maximum absolute atomic E-state index is 11.7. The standard InChI is InChI=1S/C42H72O36/c43-1-8-15(49)17(51)25(59)38(68-8)75-32-11(4-46)70-37(27(61)20(32)54)66-7-14-35(78-41-29(63)22(56)33(12(5-47)72-41)76-39-26(60)18(52)16(50)9(2-44)69-39)23(57)30(64)42(73-14)77-34-13(6-48)71-40(28(62)21(34)55)74-31-10(3-45)67-36(65)24(58)19(31)53/h8-65H,1-7H2/t8-,9-,10-,11-,12-,13-,14-,15-,16-,17+,18+,19-,20-,21-,22-,23-,24-,25-,26-,27-,28-,29-,30-,31-,32-,33-,34-,35-,36?,37+,38-,39-,40-,41-,42-/m1/s1. The summed E-state index contributed by atoms with van der Waals surface area (Å²) in [4.78, 5) is 0. The molecule has 0 radical (unpaired) electrons. The minimum absolute atomic E-state index is 0.875. The summed E-state index contributed by atoms with van der Waals surface area (Å²) in [6.07, 6.45) is -68.7. The molecule has 7 aliphatic rings. The van der Waals surface area contributed by atoms with Gasteiger partial charge in [0.05, 0.1) is 46.2 Å². The Hall–Kier alpha value is -1.44. The van der Waals surface area contributed by atoms with Crippen LogP contribution in [0.15, 0.2) is 0 Å². The van der Waals surface area contributed by atoms with Crippen LogP contribution < -0.4 is 0 Å². The highest BCUT2D eigenvalue weighted by atomic mass is 16.8. The largest absolute Gasteiger partial charge is 0.394 e. The smallest absolute Gasteiger partial charge is 0.187 e. The van der Waals surface area contributed by atoms with E-state index in [4.69, 9.17) is 61.6 Å². The van der Waals surface area contributed by atoms with Gasteiger partial charge in [0.2, 0.25) is 0 Å². The van der Waals surface area contributed by atoms with Gasteiger partial charge in [-0.15, -0.1) is 0 Å². The molecule has 1 unspecified atom stereocenters. The summed E-state index contributed by atoms with van der Waals surface area (Å²) in [5.41, 5.74) is 0. The molecule has 0 bridgehead atoms. The minimum Gasteiger partial charge on any atom is -0.394 e. The number of aliphatic hydroxyl groups excluding tert-OH is 23. The van der Waals surface area contributed by atoms with Crippen molar-refractivity contribution in [2.24, 2.45) is 0 Å². The van der Waals surface area contributed by atoms with Crippen molar-refractivity contribution in [2.75, 3.05) is 46.2 Å². The maximum Gasteiger partial charge on any atom is 0.187 e. The van der Waals surface area contributed by atoms with E-state index in [-0.39, 0.29) is 0 Å². The first-order valence-electron chi connectivity index (χ1n) is 24.7. The molecule has 0 aromatic rings. The second kappa shape index (κ2) is 27.5. The number of rotatable bonds is 19. The van der Waals surface area contributed by atoms with E-state index in [0.29, 0.717) is 0 Å². The molecule has 0 aromatic carbocycles. The van der Waals surface area contributed by atoms with E-state index in [0.717, 1.165) is 0 Å². The molecule has 0 spiro atoms. The number of aliphatic hydroxyl groups is 23. The van der Waals surface area contributed by atoms with Gasteiger partial charge in [-0.3, -0.25) is 0 Å². The molecule has 0 saturated carbocycles. The Balaban J connectivity index is 1.10.